The van der Waals surface area contributed by atoms with Gasteiger partial charge in [0.25, 0.3) is 5.91 Å². The summed E-state index contributed by atoms with van der Waals surface area (Å²) in [4.78, 5) is 28.5. The van der Waals surface area contributed by atoms with Crippen molar-refractivity contribution >= 4 is 11.8 Å². The lowest BCUT2D eigenvalue weighted by Crippen LogP contribution is -2.58. The topological polar surface area (TPSA) is 43.9 Å². The molecule has 0 aromatic heterocycles. The van der Waals surface area contributed by atoms with Gasteiger partial charge in [0.1, 0.15) is 5.82 Å². The molecule has 2 amide bonds. The van der Waals surface area contributed by atoms with Gasteiger partial charge >= 0.3 is 24.4 Å². The highest BCUT2D eigenvalue weighted by atomic mass is 19.4. The summed E-state index contributed by atoms with van der Waals surface area (Å²) in [5.74, 6) is -4.21. The third-order valence-electron chi connectivity index (χ3n) is 7.31. The lowest BCUT2D eigenvalue weighted by Gasteiger charge is -2.47. The number of alkyl halides is 9. The lowest BCUT2D eigenvalue weighted by atomic mass is 9.84. The van der Waals surface area contributed by atoms with Crippen molar-refractivity contribution in [1.82, 2.24) is 14.7 Å². The van der Waals surface area contributed by atoms with Gasteiger partial charge < -0.3 is 9.80 Å². The van der Waals surface area contributed by atoms with E-state index in [4.69, 9.17) is 0 Å². The smallest absolute Gasteiger partial charge is 0.338 e. The summed E-state index contributed by atoms with van der Waals surface area (Å²) in [6, 6.07) is 5.37. The van der Waals surface area contributed by atoms with Crippen LogP contribution < -0.4 is 0 Å². The zero-order chi connectivity index (χ0) is 30.3. The minimum atomic E-state index is -5.14. The van der Waals surface area contributed by atoms with E-state index in [0.29, 0.717) is 22.6 Å². The van der Waals surface area contributed by atoms with E-state index in [0.717, 1.165) is 17.0 Å². The molecule has 0 aliphatic carbocycles. The van der Waals surface area contributed by atoms with Crippen molar-refractivity contribution in [3.8, 4) is 0 Å². The second kappa shape index (κ2) is 11.1. The van der Waals surface area contributed by atoms with Gasteiger partial charge in [-0.2, -0.15) is 39.5 Å². The van der Waals surface area contributed by atoms with Crippen LogP contribution in [-0.2, 0) is 17.1 Å². The molecular weight excluding hydrogens is 576 g/mol. The van der Waals surface area contributed by atoms with E-state index >= 15 is 0 Å². The van der Waals surface area contributed by atoms with Crippen LogP contribution in [0.1, 0.15) is 39.4 Å². The summed E-state index contributed by atoms with van der Waals surface area (Å²) >= 11 is 0. The van der Waals surface area contributed by atoms with Gasteiger partial charge in [0.05, 0.1) is 11.1 Å². The van der Waals surface area contributed by atoms with E-state index in [-0.39, 0.29) is 51.8 Å². The molecule has 2 atom stereocenters. The van der Waals surface area contributed by atoms with Gasteiger partial charge in [-0.3, -0.25) is 14.5 Å². The van der Waals surface area contributed by atoms with Crippen molar-refractivity contribution in [3.63, 3.8) is 0 Å². The Hall–Kier alpha value is -3.36. The summed E-state index contributed by atoms with van der Waals surface area (Å²) in [6.07, 6.45) is -15.1. The number of likely N-dealkylation sites (tertiary alicyclic amines) is 1. The number of amides is 2. The van der Waals surface area contributed by atoms with E-state index in [1.807, 2.05) is 4.90 Å². The van der Waals surface area contributed by atoms with Crippen molar-refractivity contribution in [2.75, 3.05) is 39.3 Å². The zero-order valence-corrected chi connectivity index (χ0v) is 21.1. The summed E-state index contributed by atoms with van der Waals surface area (Å²) in [5, 5.41) is 0. The van der Waals surface area contributed by atoms with Crippen LogP contribution in [0.15, 0.2) is 42.5 Å². The molecule has 4 rings (SSSR count). The number of halogens is 10. The number of hydrogen-bond donors (Lipinski definition) is 0. The average molecular weight is 599 g/mol. The molecule has 41 heavy (non-hydrogen) atoms. The minimum absolute atomic E-state index is 0.0562. The monoisotopic (exact) mass is 599 g/mol. The van der Waals surface area contributed by atoms with Crippen LogP contribution in [0.5, 0.6) is 0 Å². The van der Waals surface area contributed by atoms with Gasteiger partial charge in [0.15, 0.2) is 0 Å². The van der Waals surface area contributed by atoms with Crippen LogP contribution in [0.25, 0.3) is 0 Å². The van der Waals surface area contributed by atoms with Gasteiger partial charge in [-0.05, 0) is 42.3 Å². The molecule has 2 unspecified atom stereocenters. The number of rotatable bonds is 3. The Kier molecular flexibility index (Phi) is 8.31. The van der Waals surface area contributed by atoms with Crippen molar-refractivity contribution < 1.29 is 53.5 Å². The minimum Gasteiger partial charge on any atom is -0.338 e. The molecule has 224 valence electrons. The molecule has 15 heteroatoms. The third-order valence-corrected chi connectivity index (χ3v) is 7.31. The van der Waals surface area contributed by atoms with Crippen LogP contribution in [-0.4, -0.2) is 78.0 Å². The van der Waals surface area contributed by atoms with Crippen LogP contribution >= 0.6 is 0 Å². The fraction of sp³-hybridized carbons (Fsp3) is 0.462. The Bertz CT molecular complexity index is 1230. The maximum atomic E-state index is 13.6. The average Bonchev–Trinajstić information content (AvgIpc) is 2.91. The largest absolute Gasteiger partial charge is 0.471 e. The Morgan fingerprint density at radius 3 is 1.73 bits per heavy atom. The predicted octanol–water partition coefficient (Wildman–Crippen LogP) is 5.57. The molecule has 2 aromatic rings. The van der Waals surface area contributed by atoms with Crippen LogP contribution in [0.4, 0.5) is 43.9 Å². The van der Waals surface area contributed by atoms with Gasteiger partial charge in [0.2, 0.25) is 0 Å². The zero-order valence-electron chi connectivity index (χ0n) is 21.1. The third kappa shape index (κ3) is 6.93. The van der Waals surface area contributed by atoms with E-state index in [1.165, 1.54) is 12.1 Å². The first-order valence-corrected chi connectivity index (χ1v) is 12.4. The normalized spacial score (nSPS) is 21.2. The van der Waals surface area contributed by atoms with E-state index in [9.17, 15) is 53.5 Å². The molecule has 5 nitrogen and oxygen atoms in total. The predicted molar refractivity (Wildman–Crippen MR) is 124 cm³/mol. The number of hydrogen-bond acceptors (Lipinski definition) is 3. The molecular formula is C26H23F10N3O2. The summed E-state index contributed by atoms with van der Waals surface area (Å²) in [7, 11) is 0. The SMILES string of the molecule is O=C(c1cc(C(F)(F)F)cc(C(F)(F)F)c1)N1CCC(N2CCN(C(=O)C(F)(F)F)CC2)C(c2ccc(F)cc2)C1. The van der Waals surface area contributed by atoms with Crippen LogP contribution in [0, 0.1) is 5.82 Å². The molecule has 2 aliphatic rings. The quantitative estimate of drug-likeness (QED) is 0.434. The van der Waals surface area contributed by atoms with Crippen molar-refractivity contribution in [2.45, 2.75) is 36.9 Å². The number of carbonyl (C=O) groups is 2. The highest BCUT2D eigenvalue weighted by Gasteiger charge is 2.45. The second-order valence-corrected chi connectivity index (χ2v) is 9.89. The van der Waals surface area contributed by atoms with Crippen molar-refractivity contribution in [1.29, 1.82) is 0 Å². The van der Waals surface area contributed by atoms with Crippen LogP contribution in [0.3, 0.4) is 0 Å². The Morgan fingerprint density at radius 2 is 1.24 bits per heavy atom. The molecule has 0 bridgehead atoms. The standard InChI is InChI=1S/C26H23F10N3O2/c27-19-3-1-15(2-4-19)20-14-39(6-5-21(20)37-7-9-38(10-8-37)23(41)26(34,35)36)22(40)16-11-17(24(28,29)30)13-18(12-16)25(31,32)33/h1-4,11-13,20-21H,5-10,14H2. The molecule has 2 aliphatic heterocycles. The number of piperidine rings is 1. The van der Waals surface area contributed by atoms with Gasteiger partial charge in [-0.15, -0.1) is 0 Å². The molecule has 0 N–H and O–H groups in total. The second-order valence-electron chi connectivity index (χ2n) is 9.89. The molecule has 2 heterocycles. The number of piperazine rings is 1. The molecule has 2 fully saturated rings. The molecule has 0 saturated carbocycles. The number of carbonyl (C=O) groups excluding carboxylic acids is 2. The molecule has 0 spiro atoms. The van der Waals surface area contributed by atoms with E-state index in [2.05, 4.69) is 0 Å². The van der Waals surface area contributed by atoms with E-state index in [1.54, 1.807) is 0 Å². The van der Waals surface area contributed by atoms with Crippen LogP contribution in [0.2, 0.25) is 0 Å². The molecule has 2 aromatic carbocycles. The fourth-order valence-electron chi connectivity index (χ4n) is 5.30. The van der Waals surface area contributed by atoms with Crippen molar-refractivity contribution in [3.05, 3.63) is 70.5 Å². The Morgan fingerprint density at radius 1 is 0.707 bits per heavy atom. The Labute approximate surface area is 227 Å². The summed E-state index contributed by atoms with van der Waals surface area (Å²) < 4.78 is 132. The highest BCUT2D eigenvalue weighted by molar-refractivity contribution is 5.95. The Balaban J connectivity index is 1.59. The highest BCUT2D eigenvalue weighted by Crippen LogP contribution is 2.38. The fourth-order valence-corrected chi connectivity index (χ4v) is 5.30. The maximum absolute atomic E-state index is 13.6. The van der Waals surface area contributed by atoms with Crippen molar-refractivity contribution in [2.24, 2.45) is 0 Å². The number of nitrogens with zero attached hydrogens (tertiary/aromatic N) is 3. The first-order chi connectivity index (χ1) is 18.9. The molecule has 0 radical (unpaired) electrons. The molecule has 2 saturated heterocycles. The first-order valence-electron chi connectivity index (χ1n) is 12.4. The maximum Gasteiger partial charge on any atom is 0.471 e. The van der Waals surface area contributed by atoms with Gasteiger partial charge in [-0.25, -0.2) is 4.39 Å². The first kappa shape index (κ1) is 30.6. The van der Waals surface area contributed by atoms with Gasteiger partial charge in [-0.1, -0.05) is 12.1 Å². The summed E-state index contributed by atoms with van der Waals surface area (Å²) in [6.45, 7) is -0.563. The van der Waals surface area contributed by atoms with E-state index < -0.39 is 64.8 Å². The summed E-state index contributed by atoms with van der Waals surface area (Å²) in [5.41, 5.74) is -3.55. The lowest BCUT2D eigenvalue weighted by molar-refractivity contribution is -0.187. The number of benzene rings is 2. The van der Waals surface area contributed by atoms with Gasteiger partial charge in [0, 0.05) is 56.8 Å².